The number of halogens is 1. The van der Waals surface area contributed by atoms with Gasteiger partial charge >= 0.3 is 11.9 Å². The van der Waals surface area contributed by atoms with Gasteiger partial charge in [0, 0.05) is 3.42 Å². The van der Waals surface area contributed by atoms with Crippen LogP contribution in [0.3, 0.4) is 0 Å². The first kappa shape index (κ1) is 20.2. The second-order valence-corrected chi connectivity index (χ2v) is 15.9. The van der Waals surface area contributed by atoms with E-state index < -0.39 is 13.5 Å². The van der Waals surface area contributed by atoms with Gasteiger partial charge in [0.25, 0.3) is 0 Å². The maximum absolute atomic E-state index is 12.8. The van der Waals surface area contributed by atoms with Crippen molar-refractivity contribution in [1.29, 1.82) is 0 Å². The molecule has 24 heavy (non-hydrogen) atoms. The van der Waals surface area contributed by atoms with E-state index in [1.165, 1.54) is 6.42 Å². The van der Waals surface area contributed by atoms with Crippen molar-refractivity contribution >= 4 is 42.6 Å². The van der Waals surface area contributed by atoms with Gasteiger partial charge in [-0.2, -0.15) is 0 Å². The minimum atomic E-state index is -1.41. The Kier molecular flexibility index (Phi) is 5.80. The number of hydrogen-bond donors (Lipinski definition) is 0. The zero-order chi connectivity index (χ0) is 18.2. The first-order valence-corrected chi connectivity index (χ1v) is 13.7. The molecule has 4 nitrogen and oxygen atoms in total. The van der Waals surface area contributed by atoms with Crippen LogP contribution in [0.15, 0.2) is 0 Å². The predicted molar refractivity (Wildman–Crippen MR) is 106 cm³/mol. The summed E-state index contributed by atoms with van der Waals surface area (Å²) in [5.41, 5.74) is -1.12. The van der Waals surface area contributed by atoms with Crippen molar-refractivity contribution in [3.8, 4) is 0 Å². The molecule has 0 amide bonds. The van der Waals surface area contributed by atoms with Crippen LogP contribution in [0.4, 0.5) is 0 Å². The molecule has 0 heterocycles. The zero-order valence-electron chi connectivity index (χ0n) is 15.7. The Labute approximate surface area is 160 Å². The first-order chi connectivity index (χ1) is 11.1. The van der Waals surface area contributed by atoms with E-state index in [9.17, 15) is 9.59 Å². The van der Waals surface area contributed by atoms with Gasteiger partial charge in [-0.1, -0.05) is 55.1 Å². The fourth-order valence-corrected chi connectivity index (χ4v) is 12.2. The van der Waals surface area contributed by atoms with Crippen molar-refractivity contribution < 1.29 is 19.1 Å². The van der Waals surface area contributed by atoms with Crippen LogP contribution in [0.2, 0.25) is 24.7 Å². The molecule has 0 radical (unpaired) electrons. The largest absolute Gasteiger partial charge is 0.465 e. The highest BCUT2D eigenvalue weighted by Crippen LogP contribution is 2.79. The van der Waals surface area contributed by atoms with E-state index >= 15 is 0 Å². The monoisotopic (exact) mass is 466 g/mol. The molecule has 2 aliphatic rings. The van der Waals surface area contributed by atoms with Crippen molar-refractivity contribution in [2.75, 3.05) is 13.2 Å². The van der Waals surface area contributed by atoms with E-state index in [1.807, 2.05) is 0 Å². The van der Waals surface area contributed by atoms with Crippen LogP contribution in [0.1, 0.15) is 52.4 Å². The highest BCUT2D eigenvalue weighted by Gasteiger charge is 2.74. The van der Waals surface area contributed by atoms with Gasteiger partial charge in [-0.3, -0.25) is 9.59 Å². The first-order valence-electron chi connectivity index (χ1n) is 9.12. The SMILES string of the molecule is CCOC(=O)C1(C(=O)OCC)CCCCC2([Si](C)(C)C)CC2(I)C1. The zero-order valence-corrected chi connectivity index (χ0v) is 18.8. The van der Waals surface area contributed by atoms with Gasteiger partial charge in [0.05, 0.1) is 21.3 Å². The summed E-state index contributed by atoms with van der Waals surface area (Å²) >= 11 is 2.55. The summed E-state index contributed by atoms with van der Waals surface area (Å²) in [6.07, 6.45) is 5.44. The fourth-order valence-electron chi connectivity index (χ4n) is 4.68. The molecule has 0 aromatic heterocycles. The van der Waals surface area contributed by atoms with Crippen molar-refractivity contribution in [3.05, 3.63) is 0 Å². The maximum Gasteiger partial charge on any atom is 0.323 e. The summed E-state index contributed by atoms with van der Waals surface area (Å²) in [6.45, 7) is 11.5. The van der Waals surface area contributed by atoms with E-state index in [-0.39, 0.29) is 15.4 Å². The fraction of sp³-hybridized carbons (Fsp3) is 0.889. The van der Waals surface area contributed by atoms with Gasteiger partial charge in [-0.15, -0.1) is 0 Å². The quantitative estimate of drug-likeness (QED) is 0.194. The molecule has 0 N–H and O–H groups in total. The topological polar surface area (TPSA) is 52.6 Å². The normalized spacial score (nSPS) is 32.1. The lowest BCUT2D eigenvalue weighted by molar-refractivity contribution is -0.173. The van der Waals surface area contributed by atoms with Gasteiger partial charge in [0.2, 0.25) is 0 Å². The van der Waals surface area contributed by atoms with Crippen LogP contribution in [0.5, 0.6) is 0 Å². The minimum Gasteiger partial charge on any atom is -0.465 e. The standard InChI is InChI=1S/C18H31IO4Si/c1-6-22-14(20)16(15(21)23-7-2)10-8-9-11-18(24(3,4)5)13-17(18,19)12-16/h6-13H2,1-5H3. The number of rotatable bonds is 5. The predicted octanol–water partition coefficient (Wildman–Crippen LogP) is 4.72. The van der Waals surface area contributed by atoms with Crippen LogP contribution in [0, 0.1) is 5.41 Å². The Balaban J connectivity index is 2.41. The summed E-state index contributed by atoms with van der Waals surface area (Å²) < 4.78 is 10.7. The third-order valence-corrected chi connectivity index (χ3v) is 12.2. The van der Waals surface area contributed by atoms with E-state index in [2.05, 4.69) is 42.2 Å². The van der Waals surface area contributed by atoms with Gasteiger partial charge in [-0.05, 0) is 44.6 Å². The minimum absolute atomic E-state index is 0.0230. The van der Waals surface area contributed by atoms with E-state index in [0.717, 1.165) is 19.3 Å². The lowest BCUT2D eigenvalue weighted by Gasteiger charge is -2.39. The van der Waals surface area contributed by atoms with E-state index in [1.54, 1.807) is 13.8 Å². The molecule has 2 unspecified atom stereocenters. The summed E-state index contributed by atoms with van der Waals surface area (Å²) in [5.74, 6) is -0.754. The lowest BCUT2D eigenvalue weighted by Crippen LogP contribution is -2.47. The average Bonchev–Trinajstić information content (AvgIpc) is 3.04. The number of ether oxygens (including phenoxy) is 2. The summed E-state index contributed by atoms with van der Waals surface area (Å²) in [5, 5.41) is 0.325. The summed E-state index contributed by atoms with van der Waals surface area (Å²) in [6, 6.07) is 0. The molecule has 0 spiro atoms. The summed E-state index contributed by atoms with van der Waals surface area (Å²) in [4.78, 5) is 25.7. The van der Waals surface area contributed by atoms with Crippen LogP contribution in [0.25, 0.3) is 0 Å². The molecule has 0 aliphatic heterocycles. The number of alkyl halides is 1. The molecule has 2 aliphatic carbocycles. The molecule has 6 heteroatoms. The number of carbonyl (C=O) groups is 2. The van der Waals surface area contributed by atoms with Gasteiger partial charge in [-0.25, -0.2) is 0 Å². The lowest BCUT2D eigenvalue weighted by atomic mass is 9.75. The molecule has 2 fully saturated rings. The Morgan fingerprint density at radius 2 is 1.46 bits per heavy atom. The highest BCUT2D eigenvalue weighted by molar-refractivity contribution is 14.1. The van der Waals surface area contributed by atoms with Crippen molar-refractivity contribution in [1.82, 2.24) is 0 Å². The van der Waals surface area contributed by atoms with Crippen LogP contribution >= 0.6 is 22.6 Å². The Bertz CT molecular complexity index is 498. The maximum atomic E-state index is 12.8. The molecule has 2 atom stereocenters. The van der Waals surface area contributed by atoms with Crippen molar-refractivity contribution in [2.24, 2.45) is 5.41 Å². The number of esters is 2. The van der Waals surface area contributed by atoms with Crippen LogP contribution in [-0.4, -0.2) is 36.6 Å². The van der Waals surface area contributed by atoms with Crippen LogP contribution < -0.4 is 0 Å². The molecule has 0 saturated heterocycles. The van der Waals surface area contributed by atoms with E-state index in [0.29, 0.717) is 31.1 Å². The number of fused-ring (bicyclic) bond motifs is 1. The molecular weight excluding hydrogens is 435 g/mol. The Morgan fingerprint density at radius 1 is 0.958 bits per heavy atom. The number of carbonyl (C=O) groups excluding carboxylic acids is 2. The second kappa shape index (κ2) is 6.89. The second-order valence-electron chi connectivity index (χ2n) is 8.38. The summed E-state index contributed by atoms with van der Waals surface area (Å²) in [7, 11) is -1.41. The van der Waals surface area contributed by atoms with Gasteiger partial charge in [0.15, 0.2) is 5.41 Å². The molecule has 2 saturated carbocycles. The van der Waals surface area contributed by atoms with Gasteiger partial charge < -0.3 is 9.47 Å². The van der Waals surface area contributed by atoms with Crippen molar-refractivity contribution in [2.45, 2.75) is 80.5 Å². The van der Waals surface area contributed by atoms with Gasteiger partial charge in [0.1, 0.15) is 0 Å². The van der Waals surface area contributed by atoms with E-state index in [4.69, 9.17) is 9.47 Å². The third kappa shape index (κ3) is 3.17. The van der Waals surface area contributed by atoms with Crippen molar-refractivity contribution in [3.63, 3.8) is 0 Å². The van der Waals surface area contributed by atoms with Crippen LogP contribution in [-0.2, 0) is 19.1 Å². The third-order valence-electron chi connectivity index (χ3n) is 6.12. The Hall–Kier alpha value is -0.113. The highest BCUT2D eigenvalue weighted by atomic mass is 127. The molecular formula is C18H31IO4Si. The molecule has 138 valence electrons. The Morgan fingerprint density at radius 3 is 1.92 bits per heavy atom. The molecule has 0 aromatic carbocycles. The molecule has 0 bridgehead atoms. The molecule has 2 rings (SSSR count). The molecule has 0 aromatic rings. The average molecular weight is 466 g/mol. The number of hydrogen-bond acceptors (Lipinski definition) is 4. The smallest absolute Gasteiger partial charge is 0.323 e.